The van der Waals surface area contributed by atoms with Gasteiger partial charge in [0.25, 0.3) is 5.91 Å². The number of oxazole rings is 1. The van der Waals surface area contributed by atoms with E-state index in [2.05, 4.69) is 4.98 Å². The van der Waals surface area contributed by atoms with Crippen molar-refractivity contribution in [2.45, 2.75) is 6.54 Å². The molecule has 0 fully saturated rings. The summed E-state index contributed by atoms with van der Waals surface area (Å²) in [6.45, 7) is 0.465. The number of thiophene rings is 1. The van der Waals surface area contributed by atoms with Gasteiger partial charge < -0.3 is 14.1 Å². The maximum atomic E-state index is 12.7. The summed E-state index contributed by atoms with van der Waals surface area (Å²) in [6, 6.07) is 11.5. The van der Waals surface area contributed by atoms with Crippen LogP contribution in [0.4, 0.5) is 0 Å². The molecule has 0 radical (unpaired) electrons. The number of carbonyl (C=O) groups is 1. The Morgan fingerprint density at radius 3 is 2.96 bits per heavy atom. The zero-order valence-electron chi connectivity index (χ0n) is 12.9. The van der Waals surface area contributed by atoms with Gasteiger partial charge in [-0.05, 0) is 29.1 Å². The number of amides is 1. The third-order valence-corrected chi connectivity index (χ3v) is 4.28. The van der Waals surface area contributed by atoms with Gasteiger partial charge in [0, 0.05) is 13.6 Å². The molecule has 0 aliphatic heterocycles. The summed E-state index contributed by atoms with van der Waals surface area (Å²) in [5, 5.41) is 1.94. The third-order valence-electron chi connectivity index (χ3n) is 3.42. The Kier molecular flexibility index (Phi) is 4.43. The largest absolute Gasteiger partial charge is 0.497 e. The van der Waals surface area contributed by atoms with E-state index in [-0.39, 0.29) is 5.91 Å². The predicted octanol–water partition coefficient (Wildman–Crippen LogP) is 3.68. The van der Waals surface area contributed by atoms with Gasteiger partial charge in [0.15, 0.2) is 17.8 Å². The molecule has 0 saturated carbocycles. The summed E-state index contributed by atoms with van der Waals surface area (Å²) in [4.78, 5) is 19.3. The highest BCUT2D eigenvalue weighted by atomic mass is 32.1. The van der Waals surface area contributed by atoms with Crippen LogP contribution in [0.2, 0.25) is 0 Å². The summed E-state index contributed by atoms with van der Waals surface area (Å²) in [5.41, 5.74) is 1.32. The Balaban J connectivity index is 1.79. The Morgan fingerprint density at radius 2 is 2.22 bits per heavy atom. The van der Waals surface area contributed by atoms with E-state index in [1.165, 1.54) is 17.7 Å². The fourth-order valence-corrected chi connectivity index (χ4v) is 2.99. The minimum Gasteiger partial charge on any atom is -0.497 e. The quantitative estimate of drug-likeness (QED) is 0.717. The minimum absolute atomic E-state index is 0.176. The van der Waals surface area contributed by atoms with Gasteiger partial charge in [-0.25, -0.2) is 4.98 Å². The Labute approximate surface area is 138 Å². The first kappa shape index (κ1) is 15.3. The molecule has 118 valence electrons. The Bertz CT molecular complexity index is 796. The lowest BCUT2D eigenvalue weighted by molar-refractivity contribution is 0.0780. The molecule has 3 rings (SSSR count). The molecular weight excluding hydrogens is 312 g/mol. The second-order valence-corrected chi connectivity index (χ2v) is 5.97. The molecule has 0 aliphatic rings. The molecule has 0 spiro atoms. The van der Waals surface area contributed by atoms with Crippen LogP contribution in [0, 0.1) is 0 Å². The number of nitrogens with zero attached hydrogens (tertiary/aromatic N) is 2. The smallest absolute Gasteiger partial charge is 0.276 e. The van der Waals surface area contributed by atoms with E-state index < -0.39 is 0 Å². The van der Waals surface area contributed by atoms with E-state index in [4.69, 9.17) is 9.15 Å². The van der Waals surface area contributed by atoms with Crippen molar-refractivity contribution in [3.63, 3.8) is 0 Å². The molecule has 5 nitrogen and oxygen atoms in total. The highest BCUT2D eigenvalue weighted by Crippen LogP contribution is 2.28. The van der Waals surface area contributed by atoms with Crippen LogP contribution in [-0.4, -0.2) is 29.9 Å². The number of carbonyl (C=O) groups excluding carboxylic acids is 1. The number of methoxy groups -OCH3 is 1. The molecule has 1 aromatic carbocycles. The van der Waals surface area contributed by atoms with Crippen LogP contribution in [-0.2, 0) is 6.54 Å². The standard InChI is InChI=1S/C17H16N2O3S/c1-19(10-12-5-3-6-13(9-12)21-2)17(20)15-16(22-11-18-15)14-7-4-8-23-14/h3-9,11H,10H2,1-2H3. The summed E-state index contributed by atoms with van der Waals surface area (Å²) < 4.78 is 10.6. The number of benzene rings is 1. The molecule has 6 heteroatoms. The third kappa shape index (κ3) is 3.27. The van der Waals surface area contributed by atoms with Crippen molar-refractivity contribution in [2.24, 2.45) is 0 Å². The molecule has 0 unspecified atom stereocenters. The molecule has 0 bridgehead atoms. The number of ether oxygens (including phenoxy) is 1. The first-order valence-electron chi connectivity index (χ1n) is 7.05. The first-order valence-corrected chi connectivity index (χ1v) is 7.92. The lowest BCUT2D eigenvalue weighted by Crippen LogP contribution is -2.26. The van der Waals surface area contributed by atoms with Crippen molar-refractivity contribution >= 4 is 17.2 Å². The van der Waals surface area contributed by atoms with Gasteiger partial charge in [-0.2, -0.15) is 0 Å². The molecule has 3 aromatic rings. The van der Waals surface area contributed by atoms with Gasteiger partial charge in [0.1, 0.15) is 5.75 Å². The molecular formula is C17H16N2O3S. The normalized spacial score (nSPS) is 10.5. The van der Waals surface area contributed by atoms with Gasteiger partial charge >= 0.3 is 0 Å². The highest BCUT2D eigenvalue weighted by molar-refractivity contribution is 7.13. The van der Waals surface area contributed by atoms with Gasteiger partial charge in [0.05, 0.1) is 12.0 Å². The van der Waals surface area contributed by atoms with Crippen molar-refractivity contribution in [3.8, 4) is 16.4 Å². The van der Waals surface area contributed by atoms with Crippen LogP contribution in [0.5, 0.6) is 5.75 Å². The van der Waals surface area contributed by atoms with Crippen LogP contribution < -0.4 is 4.74 Å². The van der Waals surface area contributed by atoms with E-state index in [0.717, 1.165) is 16.2 Å². The van der Waals surface area contributed by atoms with Crippen molar-refractivity contribution in [1.29, 1.82) is 0 Å². The van der Waals surface area contributed by atoms with Crippen molar-refractivity contribution in [1.82, 2.24) is 9.88 Å². The van der Waals surface area contributed by atoms with E-state index in [0.29, 0.717) is 18.0 Å². The second-order valence-electron chi connectivity index (χ2n) is 5.02. The van der Waals surface area contributed by atoms with Gasteiger partial charge in [-0.3, -0.25) is 4.79 Å². The first-order chi connectivity index (χ1) is 11.2. The van der Waals surface area contributed by atoms with Crippen molar-refractivity contribution in [3.05, 3.63) is 59.4 Å². The molecule has 0 atom stereocenters. The fraction of sp³-hybridized carbons (Fsp3) is 0.176. The molecule has 1 amide bonds. The molecule has 0 N–H and O–H groups in total. The lowest BCUT2D eigenvalue weighted by atomic mass is 10.2. The number of rotatable bonds is 5. The summed E-state index contributed by atoms with van der Waals surface area (Å²) in [6.07, 6.45) is 1.31. The zero-order chi connectivity index (χ0) is 16.2. The molecule has 2 aromatic heterocycles. The van der Waals surface area contributed by atoms with Crippen LogP contribution in [0.3, 0.4) is 0 Å². The average molecular weight is 328 g/mol. The SMILES string of the molecule is COc1cccc(CN(C)C(=O)c2ncoc2-c2cccs2)c1. The van der Waals surface area contributed by atoms with E-state index >= 15 is 0 Å². The molecule has 23 heavy (non-hydrogen) atoms. The molecule has 2 heterocycles. The van der Waals surface area contributed by atoms with Crippen LogP contribution in [0.25, 0.3) is 10.6 Å². The number of hydrogen-bond acceptors (Lipinski definition) is 5. The van der Waals surface area contributed by atoms with Gasteiger partial charge in [-0.1, -0.05) is 18.2 Å². The average Bonchev–Trinajstić information content (AvgIpc) is 3.25. The van der Waals surface area contributed by atoms with E-state index in [1.54, 1.807) is 19.1 Å². The lowest BCUT2D eigenvalue weighted by Gasteiger charge is -2.16. The van der Waals surface area contributed by atoms with Gasteiger partial charge in [0.2, 0.25) is 0 Å². The Morgan fingerprint density at radius 1 is 1.35 bits per heavy atom. The summed E-state index contributed by atoms with van der Waals surface area (Å²) in [5.74, 6) is 1.11. The predicted molar refractivity (Wildman–Crippen MR) is 88.6 cm³/mol. The number of hydrogen-bond donors (Lipinski definition) is 0. The maximum Gasteiger partial charge on any atom is 0.276 e. The monoisotopic (exact) mass is 328 g/mol. The topological polar surface area (TPSA) is 55.6 Å². The molecule has 0 aliphatic carbocycles. The highest BCUT2D eigenvalue weighted by Gasteiger charge is 2.22. The van der Waals surface area contributed by atoms with Crippen molar-refractivity contribution in [2.75, 3.05) is 14.2 Å². The summed E-state index contributed by atoms with van der Waals surface area (Å²) >= 11 is 1.51. The summed E-state index contributed by atoms with van der Waals surface area (Å²) in [7, 11) is 3.37. The van der Waals surface area contributed by atoms with Gasteiger partial charge in [-0.15, -0.1) is 11.3 Å². The second kappa shape index (κ2) is 6.66. The van der Waals surface area contributed by atoms with Crippen LogP contribution >= 0.6 is 11.3 Å². The number of aromatic nitrogens is 1. The van der Waals surface area contributed by atoms with Crippen LogP contribution in [0.15, 0.2) is 52.6 Å². The van der Waals surface area contributed by atoms with Crippen LogP contribution in [0.1, 0.15) is 16.1 Å². The van der Waals surface area contributed by atoms with E-state index in [9.17, 15) is 4.79 Å². The van der Waals surface area contributed by atoms with E-state index in [1.807, 2.05) is 41.8 Å². The molecule has 0 saturated heterocycles. The van der Waals surface area contributed by atoms with Crippen molar-refractivity contribution < 1.29 is 13.9 Å². The minimum atomic E-state index is -0.176. The zero-order valence-corrected chi connectivity index (χ0v) is 13.7. The maximum absolute atomic E-state index is 12.7. The Hall–Kier alpha value is -2.60. The fourth-order valence-electron chi connectivity index (χ4n) is 2.28.